The van der Waals surface area contributed by atoms with E-state index in [4.69, 9.17) is 26.2 Å². The maximum Gasteiger partial charge on any atom is 0.246 e. The first-order valence-electron chi connectivity index (χ1n) is 8.25. The van der Waals surface area contributed by atoms with Gasteiger partial charge in [-0.1, -0.05) is 17.3 Å². The molecule has 0 radical (unpaired) electrons. The maximum absolute atomic E-state index is 5.30. The Morgan fingerprint density at radius 1 is 1.11 bits per heavy atom. The Hall–Kier alpha value is -3.13. The molecule has 27 heavy (non-hydrogen) atoms. The second kappa shape index (κ2) is 8.50. The second-order valence-electron chi connectivity index (χ2n) is 5.76. The average molecular weight is 384 g/mol. The normalized spacial score (nSPS) is 10.3. The lowest BCUT2D eigenvalue weighted by atomic mass is 10.2. The highest BCUT2D eigenvalue weighted by atomic mass is 32.1. The SMILES string of the molecule is COc1ccc(-c2noc(CNC(=S)Nc3cccc(C)c3)n2)cc1OC. The monoisotopic (exact) mass is 384 g/mol. The van der Waals surface area contributed by atoms with Crippen molar-refractivity contribution in [3.05, 3.63) is 53.9 Å². The van der Waals surface area contributed by atoms with Crippen LogP contribution in [0.5, 0.6) is 11.5 Å². The van der Waals surface area contributed by atoms with Crippen molar-refractivity contribution in [2.75, 3.05) is 19.5 Å². The molecule has 0 fully saturated rings. The second-order valence-corrected chi connectivity index (χ2v) is 6.17. The van der Waals surface area contributed by atoms with Gasteiger partial charge in [0.25, 0.3) is 0 Å². The van der Waals surface area contributed by atoms with E-state index in [0.29, 0.717) is 34.9 Å². The third kappa shape index (κ3) is 4.73. The molecule has 0 bridgehead atoms. The van der Waals surface area contributed by atoms with Crippen LogP contribution >= 0.6 is 12.2 Å². The third-order valence-electron chi connectivity index (χ3n) is 3.79. The summed E-state index contributed by atoms with van der Waals surface area (Å²) in [7, 11) is 3.17. The van der Waals surface area contributed by atoms with Gasteiger partial charge in [-0.15, -0.1) is 0 Å². The third-order valence-corrected chi connectivity index (χ3v) is 4.03. The van der Waals surface area contributed by atoms with Crippen LogP contribution in [-0.4, -0.2) is 29.5 Å². The predicted octanol–water partition coefficient (Wildman–Crippen LogP) is 3.55. The topological polar surface area (TPSA) is 81.4 Å². The first-order valence-corrected chi connectivity index (χ1v) is 8.66. The molecule has 0 amide bonds. The number of methoxy groups -OCH3 is 2. The first kappa shape index (κ1) is 18.7. The van der Waals surface area contributed by atoms with Crippen LogP contribution in [0, 0.1) is 6.92 Å². The molecule has 0 unspecified atom stereocenters. The lowest BCUT2D eigenvalue weighted by Crippen LogP contribution is -2.28. The van der Waals surface area contributed by atoms with Gasteiger partial charge in [-0.3, -0.25) is 0 Å². The fourth-order valence-electron chi connectivity index (χ4n) is 2.47. The lowest BCUT2D eigenvalue weighted by molar-refractivity contribution is 0.355. The number of benzene rings is 2. The van der Waals surface area contributed by atoms with Crippen molar-refractivity contribution in [3.63, 3.8) is 0 Å². The molecule has 140 valence electrons. The van der Waals surface area contributed by atoms with Crippen molar-refractivity contribution >= 4 is 23.0 Å². The zero-order chi connectivity index (χ0) is 19.2. The Bertz CT molecular complexity index is 942. The van der Waals surface area contributed by atoms with Gasteiger partial charge < -0.3 is 24.6 Å². The largest absolute Gasteiger partial charge is 0.493 e. The van der Waals surface area contributed by atoms with E-state index in [1.165, 1.54) is 0 Å². The number of rotatable bonds is 6. The minimum atomic E-state index is 0.317. The Balaban J connectivity index is 1.62. The van der Waals surface area contributed by atoms with Crippen molar-refractivity contribution in [3.8, 4) is 22.9 Å². The van der Waals surface area contributed by atoms with Gasteiger partial charge in [-0.05, 0) is 55.0 Å². The van der Waals surface area contributed by atoms with Crippen molar-refractivity contribution < 1.29 is 14.0 Å². The van der Waals surface area contributed by atoms with E-state index in [1.807, 2.05) is 37.3 Å². The van der Waals surface area contributed by atoms with E-state index in [0.717, 1.165) is 16.8 Å². The highest BCUT2D eigenvalue weighted by Gasteiger charge is 2.12. The van der Waals surface area contributed by atoms with Crippen LogP contribution in [0.2, 0.25) is 0 Å². The predicted molar refractivity (Wildman–Crippen MR) is 107 cm³/mol. The Kier molecular flexibility index (Phi) is 5.87. The molecule has 3 rings (SSSR count). The Labute approximate surface area is 162 Å². The van der Waals surface area contributed by atoms with Gasteiger partial charge in [0.15, 0.2) is 16.6 Å². The van der Waals surface area contributed by atoms with E-state index < -0.39 is 0 Å². The molecule has 2 N–H and O–H groups in total. The van der Waals surface area contributed by atoms with Gasteiger partial charge in [-0.2, -0.15) is 4.98 Å². The number of nitrogens with one attached hydrogen (secondary N) is 2. The van der Waals surface area contributed by atoms with Crippen molar-refractivity contribution in [2.45, 2.75) is 13.5 Å². The number of ether oxygens (including phenoxy) is 2. The van der Waals surface area contributed by atoms with Gasteiger partial charge in [0.1, 0.15) is 0 Å². The van der Waals surface area contributed by atoms with E-state index in [1.54, 1.807) is 26.4 Å². The smallest absolute Gasteiger partial charge is 0.246 e. The number of aromatic nitrogens is 2. The molecule has 2 aromatic carbocycles. The van der Waals surface area contributed by atoms with E-state index in [-0.39, 0.29) is 0 Å². The maximum atomic E-state index is 5.30. The fraction of sp³-hybridized carbons (Fsp3) is 0.211. The van der Waals surface area contributed by atoms with Crippen LogP contribution < -0.4 is 20.1 Å². The van der Waals surface area contributed by atoms with Crippen LogP contribution in [-0.2, 0) is 6.54 Å². The number of nitrogens with zero attached hydrogens (tertiary/aromatic N) is 2. The van der Waals surface area contributed by atoms with Crippen LogP contribution in [0.25, 0.3) is 11.4 Å². The van der Waals surface area contributed by atoms with Gasteiger partial charge >= 0.3 is 0 Å². The van der Waals surface area contributed by atoms with Crippen LogP contribution in [0.1, 0.15) is 11.5 Å². The van der Waals surface area contributed by atoms with Crippen LogP contribution in [0.4, 0.5) is 5.69 Å². The van der Waals surface area contributed by atoms with Gasteiger partial charge in [-0.25, -0.2) is 0 Å². The van der Waals surface area contributed by atoms with Gasteiger partial charge in [0, 0.05) is 11.3 Å². The molecule has 1 aromatic heterocycles. The highest BCUT2D eigenvalue weighted by Crippen LogP contribution is 2.31. The average Bonchev–Trinajstić information content (AvgIpc) is 3.15. The van der Waals surface area contributed by atoms with Crippen LogP contribution in [0.15, 0.2) is 47.0 Å². The van der Waals surface area contributed by atoms with E-state index >= 15 is 0 Å². The fourth-order valence-corrected chi connectivity index (χ4v) is 2.66. The minimum Gasteiger partial charge on any atom is -0.493 e. The molecule has 7 nitrogen and oxygen atoms in total. The minimum absolute atomic E-state index is 0.317. The van der Waals surface area contributed by atoms with Gasteiger partial charge in [0.05, 0.1) is 20.8 Å². The molecule has 0 saturated heterocycles. The molecule has 0 atom stereocenters. The summed E-state index contributed by atoms with van der Waals surface area (Å²) in [6.45, 7) is 2.34. The quantitative estimate of drug-likeness (QED) is 0.625. The number of hydrogen-bond acceptors (Lipinski definition) is 6. The summed E-state index contributed by atoms with van der Waals surface area (Å²) >= 11 is 5.30. The summed E-state index contributed by atoms with van der Waals surface area (Å²) in [5.41, 5.74) is 2.84. The number of hydrogen-bond donors (Lipinski definition) is 2. The molecule has 0 aliphatic carbocycles. The van der Waals surface area contributed by atoms with Gasteiger partial charge in [0.2, 0.25) is 11.7 Å². The molecule has 3 aromatic rings. The highest BCUT2D eigenvalue weighted by molar-refractivity contribution is 7.80. The molecule has 8 heteroatoms. The number of anilines is 1. The molecule has 0 spiro atoms. The molecule has 1 heterocycles. The standard InChI is InChI=1S/C19H20N4O3S/c1-12-5-4-6-14(9-12)21-19(27)20-11-17-22-18(23-26-17)13-7-8-15(24-2)16(10-13)25-3/h4-10H,11H2,1-3H3,(H2,20,21,27). The van der Waals surface area contributed by atoms with E-state index in [9.17, 15) is 0 Å². The van der Waals surface area contributed by atoms with E-state index in [2.05, 4.69) is 20.8 Å². The van der Waals surface area contributed by atoms with Crippen molar-refractivity contribution in [1.29, 1.82) is 0 Å². The van der Waals surface area contributed by atoms with Crippen molar-refractivity contribution in [1.82, 2.24) is 15.5 Å². The Morgan fingerprint density at radius 3 is 2.67 bits per heavy atom. The first-order chi connectivity index (χ1) is 13.1. The lowest BCUT2D eigenvalue weighted by Gasteiger charge is -2.09. The summed E-state index contributed by atoms with van der Waals surface area (Å²) in [5.74, 6) is 2.13. The number of aryl methyl sites for hydroxylation is 1. The zero-order valence-corrected chi connectivity index (χ0v) is 16.1. The molecule has 0 aliphatic heterocycles. The summed E-state index contributed by atoms with van der Waals surface area (Å²) < 4.78 is 15.8. The molecular formula is C19H20N4O3S. The summed E-state index contributed by atoms with van der Waals surface area (Å²) in [5, 5.41) is 10.7. The zero-order valence-electron chi connectivity index (χ0n) is 15.3. The van der Waals surface area contributed by atoms with Crippen LogP contribution in [0.3, 0.4) is 0 Å². The van der Waals surface area contributed by atoms with Crippen molar-refractivity contribution in [2.24, 2.45) is 0 Å². The molecule has 0 saturated carbocycles. The Morgan fingerprint density at radius 2 is 1.93 bits per heavy atom. The summed E-state index contributed by atoms with van der Waals surface area (Å²) in [4.78, 5) is 4.38. The summed E-state index contributed by atoms with van der Waals surface area (Å²) in [6.07, 6.45) is 0. The summed E-state index contributed by atoms with van der Waals surface area (Å²) in [6, 6.07) is 13.4. The molecule has 0 aliphatic rings. The number of thiocarbonyl (C=S) groups is 1. The molecular weight excluding hydrogens is 364 g/mol.